The highest BCUT2D eigenvalue weighted by atomic mass is 32.1. The van der Waals surface area contributed by atoms with Crippen molar-refractivity contribution in [2.75, 3.05) is 6.54 Å². The molecule has 1 aliphatic rings. The monoisotopic (exact) mass is 305 g/mol. The third-order valence-electron chi connectivity index (χ3n) is 3.65. The van der Waals surface area contributed by atoms with Gasteiger partial charge in [0.2, 0.25) is 0 Å². The van der Waals surface area contributed by atoms with Crippen LogP contribution >= 0.6 is 11.3 Å². The SMILES string of the molecule is CC(=O)Oc1cc2c(s1)CCN(Cc1cc(C)nn1C)C2. The maximum atomic E-state index is 11.0. The molecule has 6 heteroatoms. The number of rotatable bonds is 3. The van der Waals surface area contributed by atoms with E-state index in [0.717, 1.165) is 31.7 Å². The molecule has 0 aromatic carbocycles. The van der Waals surface area contributed by atoms with Gasteiger partial charge in [-0.3, -0.25) is 14.4 Å². The summed E-state index contributed by atoms with van der Waals surface area (Å²) >= 11 is 1.59. The van der Waals surface area contributed by atoms with Crippen molar-refractivity contribution in [1.29, 1.82) is 0 Å². The van der Waals surface area contributed by atoms with Gasteiger partial charge in [-0.05, 0) is 31.0 Å². The van der Waals surface area contributed by atoms with Gasteiger partial charge in [0.05, 0.1) is 11.4 Å². The Morgan fingerprint density at radius 2 is 2.29 bits per heavy atom. The summed E-state index contributed by atoms with van der Waals surface area (Å²) in [7, 11) is 1.99. The number of fused-ring (bicyclic) bond motifs is 1. The smallest absolute Gasteiger partial charge is 0.308 e. The molecule has 0 saturated carbocycles. The first-order chi connectivity index (χ1) is 10.0. The average Bonchev–Trinajstić information content (AvgIpc) is 2.91. The molecule has 21 heavy (non-hydrogen) atoms. The lowest BCUT2D eigenvalue weighted by molar-refractivity contribution is -0.131. The first kappa shape index (κ1) is 14.3. The van der Waals surface area contributed by atoms with E-state index in [1.54, 1.807) is 11.3 Å². The van der Waals surface area contributed by atoms with Gasteiger partial charge in [0.25, 0.3) is 0 Å². The standard InChI is InChI=1S/C15H19N3O2S/c1-10-6-13(17(3)16-10)9-18-5-4-14-12(8-18)7-15(21-14)20-11(2)19/h6-7H,4-5,8-9H2,1-3H3. The van der Waals surface area contributed by atoms with Gasteiger partial charge in [-0.1, -0.05) is 0 Å². The summed E-state index contributed by atoms with van der Waals surface area (Å²) in [5.41, 5.74) is 3.56. The molecule has 0 unspecified atom stereocenters. The summed E-state index contributed by atoms with van der Waals surface area (Å²) in [5, 5.41) is 5.11. The summed E-state index contributed by atoms with van der Waals surface area (Å²) < 4.78 is 7.14. The molecule has 112 valence electrons. The average molecular weight is 305 g/mol. The lowest BCUT2D eigenvalue weighted by Gasteiger charge is -2.26. The summed E-state index contributed by atoms with van der Waals surface area (Å²) in [6.45, 7) is 6.28. The highest BCUT2D eigenvalue weighted by Gasteiger charge is 2.21. The zero-order valence-electron chi connectivity index (χ0n) is 12.5. The van der Waals surface area contributed by atoms with Crippen LogP contribution in [0.3, 0.4) is 0 Å². The zero-order valence-corrected chi connectivity index (χ0v) is 13.4. The van der Waals surface area contributed by atoms with Gasteiger partial charge in [0, 0.05) is 38.5 Å². The van der Waals surface area contributed by atoms with Crippen molar-refractivity contribution in [1.82, 2.24) is 14.7 Å². The molecular weight excluding hydrogens is 286 g/mol. The number of ether oxygens (including phenoxy) is 1. The maximum absolute atomic E-state index is 11.0. The van der Waals surface area contributed by atoms with E-state index in [-0.39, 0.29) is 5.97 Å². The van der Waals surface area contributed by atoms with Gasteiger partial charge in [0.15, 0.2) is 5.06 Å². The van der Waals surface area contributed by atoms with Crippen LogP contribution in [0.2, 0.25) is 0 Å². The summed E-state index contributed by atoms with van der Waals surface area (Å²) in [6, 6.07) is 4.13. The Bertz CT molecular complexity index is 675. The van der Waals surface area contributed by atoms with E-state index in [0.29, 0.717) is 5.06 Å². The number of carbonyl (C=O) groups is 1. The molecule has 1 aliphatic heterocycles. The van der Waals surface area contributed by atoms with Crippen molar-refractivity contribution in [3.63, 3.8) is 0 Å². The number of esters is 1. The van der Waals surface area contributed by atoms with E-state index in [4.69, 9.17) is 4.74 Å². The van der Waals surface area contributed by atoms with E-state index in [1.807, 2.05) is 24.7 Å². The minimum atomic E-state index is -0.254. The lowest BCUT2D eigenvalue weighted by atomic mass is 10.1. The van der Waals surface area contributed by atoms with Crippen molar-refractivity contribution in [2.45, 2.75) is 33.4 Å². The molecular formula is C15H19N3O2S. The fraction of sp³-hybridized carbons (Fsp3) is 0.467. The number of carbonyl (C=O) groups excluding carboxylic acids is 1. The summed E-state index contributed by atoms with van der Waals surface area (Å²) in [4.78, 5) is 14.8. The predicted octanol–water partition coefficient (Wildman–Crippen LogP) is 2.27. The largest absolute Gasteiger partial charge is 0.416 e. The van der Waals surface area contributed by atoms with E-state index < -0.39 is 0 Å². The highest BCUT2D eigenvalue weighted by Crippen LogP contribution is 2.33. The van der Waals surface area contributed by atoms with Gasteiger partial charge < -0.3 is 4.74 Å². The summed E-state index contributed by atoms with van der Waals surface area (Å²) in [6.07, 6.45) is 1.01. The third-order valence-corrected chi connectivity index (χ3v) is 4.77. The lowest BCUT2D eigenvalue weighted by Crippen LogP contribution is -2.29. The predicted molar refractivity (Wildman–Crippen MR) is 81.4 cm³/mol. The van der Waals surface area contributed by atoms with Crippen LogP contribution in [0.25, 0.3) is 0 Å². The number of aryl methyl sites for hydroxylation is 2. The number of thiophene rings is 1. The normalized spacial score (nSPS) is 15.0. The molecule has 0 fully saturated rings. The Morgan fingerprint density at radius 1 is 1.48 bits per heavy atom. The van der Waals surface area contributed by atoms with Crippen LogP contribution in [-0.4, -0.2) is 27.2 Å². The number of hydrogen-bond acceptors (Lipinski definition) is 5. The van der Waals surface area contributed by atoms with E-state index in [2.05, 4.69) is 16.1 Å². The van der Waals surface area contributed by atoms with Crippen LogP contribution in [0.15, 0.2) is 12.1 Å². The minimum Gasteiger partial charge on any atom is -0.416 e. The quantitative estimate of drug-likeness (QED) is 0.816. The molecule has 0 atom stereocenters. The van der Waals surface area contributed by atoms with Crippen molar-refractivity contribution >= 4 is 17.3 Å². The number of hydrogen-bond donors (Lipinski definition) is 0. The molecule has 0 amide bonds. The topological polar surface area (TPSA) is 47.4 Å². The van der Waals surface area contributed by atoms with Gasteiger partial charge in [-0.25, -0.2) is 0 Å². The highest BCUT2D eigenvalue weighted by molar-refractivity contribution is 7.14. The fourth-order valence-electron chi connectivity index (χ4n) is 2.73. The second-order valence-corrected chi connectivity index (χ2v) is 6.57. The van der Waals surface area contributed by atoms with Crippen molar-refractivity contribution in [3.8, 4) is 5.06 Å². The Balaban J connectivity index is 1.70. The molecule has 3 rings (SSSR count). The van der Waals surface area contributed by atoms with Gasteiger partial charge in [0.1, 0.15) is 0 Å². The molecule has 5 nitrogen and oxygen atoms in total. The van der Waals surface area contributed by atoms with Crippen LogP contribution in [-0.2, 0) is 31.4 Å². The number of nitrogens with zero attached hydrogens (tertiary/aromatic N) is 3. The second-order valence-electron chi connectivity index (χ2n) is 5.47. The van der Waals surface area contributed by atoms with Gasteiger partial charge >= 0.3 is 5.97 Å². The molecule has 2 aromatic rings. The molecule has 0 N–H and O–H groups in total. The Kier molecular flexibility index (Phi) is 3.82. The van der Waals surface area contributed by atoms with E-state index in [1.165, 1.54) is 23.1 Å². The van der Waals surface area contributed by atoms with Crippen LogP contribution in [0.1, 0.15) is 28.8 Å². The van der Waals surface area contributed by atoms with Crippen LogP contribution in [0, 0.1) is 6.92 Å². The van der Waals surface area contributed by atoms with E-state index in [9.17, 15) is 4.79 Å². The molecule has 0 radical (unpaired) electrons. The number of aromatic nitrogens is 2. The molecule has 0 bridgehead atoms. The fourth-order valence-corrected chi connectivity index (χ4v) is 3.78. The van der Waals surface area contributed by atoms with Crippen molar-refractivity contribution in [2.24, 2.45) is 7.05 Å². The van der Waals surface area contributed by atoms with Gasteiger partial charge in [-0.15, -0.1) is 11.3 Å². The van der Waals surface area contributed by atoms with Crippen molar-refractivity contribution < 1.29 is 9.53 Å². The van der Waals surface area contributed by atoms with Crippen LogP contribution in [0.5, 0.6) is 5.06 Å². The third kappa shape index (κ3) is 3.16. The van der Waals surface area contributed by atoms with Gasteiger partial charge in [-0.2, -0.15) is 5.10 Å². The molecule has 0 aliphatic carbocycles. The van der Waals surface area contributed by atoms with E-state index >= 15 is 0 Å². The molecule has 2 aromatic heterocycles. The van der Waals surface area contributed by atoms with Crippen LogP contribution < -0.4 is 4.74 Å². The second kappa shape index (κ2) is 5.61. The first-order valence-corrected chi connectivity index (χ1v) is 7.85. The Labute approximate surface area is 128 Å². The first-order valence-electron chi connectivity index (χ1n) is 7.03. The Morgan fingerprint density at radius 3 is 2.95 bits per heavy atom. The minimum absolute atomic E-state index is 0.254. The zero-order chi connectivity index (χ0) is 15.0. The Hall–Kier alpha value is -1.66. The van der Waals surface area contributed by atoms with Crippen LogP contribution in [0.4, 0.5) is 0 Å². The molecule has 3 heterocycles. The summed E-state index contributed by atoms with van der Waals surface area (Å²) in [5.74, 6) is -0.254. The molecule has 0 spiro atoms. The molecule has 0 saturated heterocycles. The maximum Gasteiger partial charge on any atom is 0.308 e. The van der Waals surface area contributed by atoms with Crippen molar-refractivity contribution in [3.05, 3.63) is 34.0 Å².